The highest BCUT2D eigenvalue weighted by molar-refractivity contribution is 5.91. The highest BCUT2D eigenvalue weighted by Crippen LogP contribution is 2.34. The molecule has 0 spiro atoms. The topological polar surface area (TPSA) is 131 Å². The van der Waals surface area contributed by atoms with Crippen LogP contribution >= 0.6 is 0 Å². The van der Waals surface area contributed by atoms with Crippen LogP contribution in [0.2, 0.25) is 0 Å². The summed E-state index contributed by atoms with van der Waals surface area (Å²) in [6.45, 7) is 7.91. The van der Waals surface area contributed by atoms with Crippen molar-refractivity contribution in [3.63, 3.8) is 0 Å². The van der Waals surface area contributed by atoms with E-state index in [4.69, 9.17) is 19.2 Å². The Balaban J connectivity index is 0.000000383. The summed E-state index contributed by atoms with van der Waals surface area (Å²) in [4.78, 5) is 31.4. The van der Waals surface area contributed by atoms with Gasteiger partial charge in [0.15, 0.2) is 0 Å². The van der Waals surface area contributed by atoms with Crippen LogP contribution in [0.15, 0.2) is 23.1 Å². The molecule has 3 atom stereocenters. The van der Waals surface area contributed by atoms with Crippen LogP contribution in [0.25, 0.3) is 0 Å². The largest absolute Gasteiger partial charge is 0.490 e. The molecule has 4 heterocycles. The van der Waals surface area contributed by atoms with E-state index in [9.17, 15) is 18.0 Å². The number of fused-ring (bicyclic) bond motifs is 1. The van der Waals surface area contributed by atoms with Crippen molar-refractivity contribution in [2.45, 2.75) is 32.7 Å². The zero-order valence-electron chi connectivity index (χ0n) is 18.0. The number of alkyl halides is 3. The fourth-order valence-electron chi connectivity index (χ4n) is 3.90. The number of hydrogen-bond donors (Lipinski definition) is 2. The van der Waals surface area contributed by atoms with E-state index < -0.39 is 12.1 Å². The Labute approximate surface area is 187 Å². The van der Waals surface area contributed by atoms with Gasteiger partial charge in [0.25, 0.3) is 5.91 Å². The maximum absolute atomic E-state index is 12.2. The molecule has 0 saturated carbocycles. The van der Waals surface area contributed by atoms with Gasteiger partial charge in [-0.1, -0.05) is 5.16 Å². The lowest BCUT2D eigenvalue weighted by atomic mass is 9.93. The minimum Gasteiger partial charge on any atom is -0.475 e. The Morgan fingerprint density at radius 1 is 1.27 bits per heavy atom. The van der Waals surface area contributed by atoms with Gasteiger partial charge in [-0.15, -0.1) is 0 Å². The molecule has 2 aliphatic heterocycles. The molecule has 13 heteroatoms. The first-order valence-corrected chi connectivity index (χ1v) is 10.2. The number of halogens is 3. The SMILES string of the molecule is Cc1noc(C)c1CN1C[C@@H]2[C@H](CNC(=O)c3cnccn3)CO[C@@H]2C1.O=C(O)C(F)(F)F. The number of ether oxygens (including phenoxy) is 1. The van der Waals surface area contributed by atoms with Gasteiger partial charge in [0.1, 0.15) is 11.5 Å². The molecule has 0 aromatic carbocycles. The Hall–Kier alpha value is -3.06. The van der Waals surface area contributed by atoms with Gasteiger partial charge in [0.2, 0.25) is 0 Å². The summed E-state index contributed by atoms with van der Waals surface area (Å²) in [6.07, 6.45) is -0.302. The molecule has 0 unspecified atom stereocenters. The molecule has 1 amide bonds. The maximum Gasteiger partial charge on any atom is 0.490 e. The van der Waals surface area contributed by atoms with Crippen molar-refractivity contribution in [2.75, 3.05) is 26.2 Å². The van der Waals surface area contributed by atoms with Crippen LogP contribution < -0.4 is 5.32 Å². The van der Waals surface area contributed by atoms with Crippen LogP contribution in [0.4, 0.5) is 13.2 Å². The van der Waals surface area contributed by atoms with E-state index in [0.717, 1.165) is 36.7 Å². The number of carboxylic acid groups (broad SMARTS) is 1. The lowest BCUT2D eigenvalue weighted by Gasteiger charge is -2.19. The Bertz CT molecular complexity index is 949. The number of carbonyl (C=O) groups excluding carboxylic acids is 1. The predicted molar refractivity (Wildman–Crippen MR) is 106 cm³/mol. The van der Waals surface area contributed by atoms with Crippen molar-refractivity contribution in [3.05, 3.63) is 41.3 Å². The van der Waals surface area contributed by atoms with Gasteiger partial charge >= 0.3 is 12.1 Å². The summed E-state index contributed by atoms with van der Waals surface area (Å²) in [5, 5.41) is 14.1. The number of aryl methyl sites for hydroxylation is 2. The lowest BCUT2D eigenvalue weighted by molar-refractivity contribution is -0.192. The van der Waals surface area contributed by atoms with E-state index in [1.807, 2.05) is 13.8 Å². The second-order valence-corrected chi connectivity index (χ2v) is 7.90. The molecule has 2 aromatic rings. The number of amides is 1. The van der Waals surface area contributed by atoms with Crippen LogP contribution in [0.5, 0.6) is 0 Å². The minimum atomic E-state index is -5.08. The van der Waals surface area contributed by atoms with E-state index in [2.05, 4.69) is 25.3 Å². The molecule has 33 heavy (non-hydrogen) atoms. The van der Waals surface area contributed by atoms with E-state index in [-0.39, 0.29) is 12.0 Å². The minimum absolute atomic E-state index is 0.188. The molecule has 0 radical (unpaired) electrons. The van der Waals surface area contributed by atoms with E-state index in [1.54, 1.807) is 6.20 Å². The smallest absolute Gasteiger partial charge is 0.475 e. The molecular weight excluding hydrogens is 447 g/mol. The summed E-state index contributed by atoms with van der Waals surface area (Å²) in [5.41, 5.74) is 2.46. The number of rotatable bonds is 5. The number of carboxylic acids is 1. The van der Waals surface area contributed by atoms with E-state index >= 15 is 0 Å². The van der Waals surface area contributed by atoms with Gasteiger partial charge in [-0.25, -0.2) is 9.78 Å². The predicted octanol–water partition coefficient (Wildman–Crippen LogP) is 1.59. The highest BCUT2D eigenvalue weighted by Gasteiger charge is 2.44. The van der Waals surface area contributed by atoms with Crippen molar-refractivity contribution in [3.8, 4) is 0 Å². The normalized spacial score (nSPS) is 22.4. The summed E-state index contributed by atoms with van der Waals surface area (Å²) in [6, 6.07) is 0. The average Bonchev–Trinajstić information content (AvgIpc) is 3.43. The number of carbonyl (C=O) groups is 2. The van der Waals surface area contributed by atoms with Crippen molar-refractivity contribution in [2.24, 2.45) is 11.8 Å². The second-order valence-electron chi connectivity index (χ2n) is 7.90. The van der Waals surface area contributed by atoms with Gasteiger partial charge < -0.3 is 19.7 Å². The number of nitrogens with one attached hydrogen (secondary N) is 1. The van der Waals surface area contributed by atoms with Gasteiger partial charge in [0.05, 0.1) is 24.6 Å². The average molecular weight is 471 g/mol. The molecule has 4 rings (SSSR count). The van der Waals surface area contributed by atoms with Crippen LogP contribution in [-0.4, -0.2) is 75.5 Å². The molecule has 0 aliphatic carbocycles. The molecule has 0 bridgehead atoms. The molecule has 2 fully saturated rings. The molecular formula is C20H24F3N5O5. The molecule has 2 aromatic heterocycles. The molecule has 2 aliphatic rings. The zero-order valence-corrected chi connectivity index (χ0v) is 18.0. The fraction of sp³-hybridized carbons (Fsp3) is 0.550. The second kappa shape index (κ2) is 10.3. The Kier molecular flexibility index (Phi) is 7.64. The number of hydrogen-bond acceptors (Lipinski definition) is 8. The first-order chi connectivity index (χ1) is 15.6. The highest BCUT2D eigenvalue weighted by atomic mass is 19.4. The standard InChI is InChI=1S/C18H23N5O3.C2HF3O2/c1-11-14(12(2)26-22-11)7-23-8-15-13(10-25-17(15)9-23)5-21-18(24)16-6-19-3-4-20-16;3-2(4,5)1(6)7/h3-4,6,13,15,17H,5,7-10H2,1-2H3,(H,21,24);(H,6,7)/t13-,15-,17-;/m1./s1. The van der Waals surface area contributed by atoms with E-state index in [1.165, 1.54) is 12.4 Å². The lowest BCUT2D eigenvalue weighted by Crippen LogP contribution is -2.34. The van der Waals surface area contributed by atoms with Crippen molar-refractivity contribution < 1.29 is 37.1 Å². The zero-order chi connectivity index (χ0) is 24.2. The molecule has 10 nitrogen and oxygen atoms in total. The Morgan fingerprint density at radius 2 is 2.00 bits per heavy atom. The van der Waals surface area contributed by atoms with E-state index in [0.29, 0.717) is 30.7 Å². The number of aromatic nitrogens is 3. The number of likely N-dealkylation sites (tertiary alicyclic amines) is 1. The van der Waals surface area contributed by atoms with Gasteiger partial charge in [-0.05, 0) is 13.8 Å². The monoisotopic (exact) mass is 471 g/mol. The third-order valence-electron chi connectivity index (χ3n) is 5.64. The molecule has 2 N–H and O–H groups in total. The quantitative estimate of drug-likeness (QED) is 0.667. The summed E-state index contributed by atoms with van der Waals surface area (Å²) in [5.74, 6) is -1.32. The number of nitrogens with zero attached hydrogens (tertiary/aromatic N) is 4. The summed E-state index contributed by atoms with van der Waals surface area (Å²) >= 11 is 0. The number of aliphatic carboxylic acids is 1. The summed E-state index contributed by atoms with van der Waals surface area (Å²) < 4.78 is 43.0. The van der Waals surface area contributed by atoms with Gasteiger partial charge in [0, 0.05) is 56.0 Å². The van der Waals surface area contributed by atoms with Gasteiger partial charge in [-0.2, -0.15) is 13.2 Å². The fourth-order valence-corrected chi connectivity index (χ4v) is 3.90. The van der Waals surface area contributed by atoms with Crippen molar-refractivity contribution in [1.29, 1.82) is 0 Å². The van der Waals surface area contributed by atoms with Crippen LogP contribution in [0, 0.1) is 25.7 Å². The van der Waals surface area contributed by atoms with Crippen LogP contribution in [0.3, 0.4) is 0 Å². The first kappa shape index (κ1) is 24.6. The van der Waals surface area contributed by atoms with Crippen molar-refractivity contribution in [1.82, 2.24) is 25.3 Å². The maximum atomic E-state index is 12.2. The van der Waals surface area contributed by atoms with Crippen LogP contribution in [-0.2, 0) is 16.1 Å². The third kappa shape index (κ3) is 6.26. The van der Waals surface area contributed by atoms with Crippen molar-refractivity contribution >= 4 is 11.9 Å². The van der Waals surface area contributed by atoms with Crippen LogP contribution in [0.1, 0.15) is 27.5 Å². The molecule has 180 valence electrons. The molecule has 2 saturated heterocycles. The van der Waals surface area contributed by atoms with Gasteiger partial charge in [-0.3, -0.25) is 14.7 Å². The third-order valence-corrected chi connectivity index (χ3v) is 5.64. The first-order valence-electron chi connectivity index (χ1n) is 10.2. The summed E-state index contributed by atoms with van der Waals surface area (Å²) in [7, 11) is 0. The Morgan fingerprint density at radius 3 is 2.58 bits per heavy atom.